The fourth-order valence-electron chi connectivity index (χ4n) is 6.98. The number of methoxy groups -OCH3 is 1. The number of amides is 2. The molecule has 0 unspecified atom stereocenters. The molecule has 12 nitrogen and oxygen atoms in total. The van der Waals surface area contributed by atoms with E-state index in [9.17, 15) is 19.5 Å². The average Bonchev–Trinajstić information content (AvgIpc) is 3.85. The monoisotopic (exact) mass is 756 g/mol. The Labute approximate surface area is 315 Å². The van der Waals surface area contributed by atoms with E-state index in [-0.39, 0.29) is 42.7 Å². The fourth-order valence-corrected chi connectivity index (χ4v) is 7.64. The van der Waals surface area contributed by atoms with Gasteiger partial charge >= 0.3 is 6.09 Å². The lowest BCUT2D eigenvalue weighted by molar-refractivity contribution is -0.119. The van der Waals surface area contributed by atoms with E-state index in [0.717, 1.165) is 30.6 Å². The molecule has 0 spiro atoms. The molecule has 274 valence electrons. The van der Waals surface area contributed by atoms with Crippen molar-refractivity contribution in [2.75, 3.05) is 27.3 Å². The van der Waals surface area contributed by atoms with Gasteiger partial charge in [-0.3, -0.25) is 18.9 Å². The third-order valence-corrected chi connectivity index (χ3v) is 10.6. The van der Waals surface area contributed by atoms with E-state index in [0.29, 0.717) is 68.6 Å². The summed E-state index contributed by atoms with van der Waals surface area (Å²) in [6.45, 7) is 1.36. The molecule has 53 heavy (non-hydrogen) atoms. The first-order valence-electron chi connectivity index (χ1n) is 17.3. The third-order valence-electron chi connectivity index (χ3n) is 9.76. The van der Waals surface area contributed by atoms with E-state index in [2.05, 4.69) is 10.3 Å². The van der Waals surface area contributed by atoms with Gasteiger partial charge < -0.3 is 24.8 Å². The molecule has 2 N–H and O–H groups in total. The van der Waals surface area contributed by atoms with E-state index >= 15 is 0 Å². The SMILES string of the molecule is COc1nc(-c2cccc(-c3cccc(-c4ccn5c(=O)c(CN(C)[C@@H]6CCCO6)cnc5c4)c3Cl)c2Cl)ccc1CN(C[C@@H]1CCC(=O)N1)C(=O)O. The number of carboxylic acid groups (broad SMARTS) is 1. The summed E-state index contributed by atoms with van der Waals surface area (Å²) < 4.78 is 12.9. The van der Waals surface area contributed by atoms with Crippen LogP contribution in [0, 0.1) is 0 Å². The smallest absolute Gasteiger partial charge is 0.407 e. The van der Waals surface area contributed by atoms with Crippen LogP contribution >= 0.6 is 23.2 Å². The van der Waals surface area contributed by atoms with Crippen LogP contribution in [0.3, 0.4) is 0 Å². The Hall–Kier alpha value is -5.01. The van der Waals surface area contributed by atoms with Crippen molar-refractivity contribution in [1.29, 1.82) is 0 Å². The highest BCUT2D eigenvalue weighted by atomic mass is 35.5. The maximum atomic E-state index is 13.4. The molecular weight excluding hydrogens is 719 g/mol. The van der Waals surface area contributed by atoms with Crippen molar-refractivity contribution in [3.8, 4) is 39.4 Å². The van der Waals surface area contributed by atoms with Gasteiger partial charge in [-0.25, -0.2) is 14.8 Å². The number of rotatable bonds is 11. The summed E-state index contributed by atoms with van der Waals surface area (Å²) in [5, 5.41) is 13.6. The van der Waals surface area contributed by atoms with Crippen molar-refractivity contribution in [1.82, 2.24) is 29.5 Å². The van der Waals surface area contributed by atoms with E-state index in [1.165, 1.54) is 12.0 Å². The molecule has 0 aliphatic carbocycles. The first-order valence-corrected chi connectivity index (χ1v) is 18.1. The molecule has 0 radical (unpaired) electrons. The molecule has 2 aliphatic rings. The number of fused-ring (bicyclic) bond motifs is 1. The van der Waals surface area contributed by atoms with Crippen LogP contribution in [0.4, 0.5) is 4.79 Å². The molecule has 5 aromatic rings. The number of halogens is 2. The molecule has 2 aromatic carbocycles. The van der Waals surface area contributed by atoms with Crippen LogP contribution in [0.5, 0.6) is 5.88 Å². The Kier molecular flexibility index (Phi) is 10.7. The highest BCUT2D eigenvalue weighted by Gasteiger charge is 2.27. The van der Waals surface area contributed by atoms with Crippen molar-refractivity contribution < 1.29 is 24.2 Å². The summed E-state index contributed by atoms with van der Waals surface area (Å²) in [6.07, 6.45) is 5.16. The minimum atomic E-state index is -1.11. The number of carbonyl (C=O) groups is 2. The van der Waals surface area contributed by atoms with Crippen LogP contribution in [0.1, 0.15) is 36.8 Å². The van der Waals surface area contributed by atoms with E-state index in [4.69, 9.17) is 37.7 Å². The summed E-state index contributed by atoms with van der Waals surface area (Å²) in [6, 6.07) is 18.3. The molecule has 2 atom stereocenters. The predicted octanol–water partition coefficient (Wildman–Crippen LogP) is 6.73. The number of pyridine rings is 2. The lowest BCUT2D eigenvalue weighted by atomic mass is 9.97. The molecule has 2 saturated heterocycles. The number of carbonyl (C=O) groups excluding carboxylic acids is 1. The van der Waals surface area contributed by atoms with Crippen LogP contribution < -0.4 is 15.6 Å². The molecular formula is C39H38Cl2N6O6. The Morgan fingerprint density at radius 1 is 1.00 bits per heavy atom. The zero-order valence-corrected chi connectivity index (χ0v) is 30.7. The van der Waals surface area contributed by atoms with Crippen molar-refractivity contribution in [3.05, 3.63) is 105 Å². The maximum absolute atomic E-state index is 13.4. The van der Waals surface area contributed by atoms with Gasteiger partial charge in [0.1, 0.15) is 11.9 Å². The van der Waals surface area contributed by atoms with Gasteiger partial charge in [0.15, 0.2) is 0 Å². The first kappa shape index (κ1) is 36.4. The van der Waals surface area contributed by atoms with Crippen LogP contribution in [0.25, 0.3) is 39.2 Å². The highest BCUT2D eigenvalue weighted by molar-refractivity contribution is 6.39. The summed E-state index contributed by atoms with van der Waals surface area (Å²) in [5.74, 6) is 0.181. The molecule has 0 saturated carbocycles. The van der Waals surface area contributed by atoms with E-state index < -0.39 is 6.09 Å². The highest BCUT2D eigenvalue weighted by Crippen LogP contribution is 2.42. The van der Waals surface area contributed by atoms with Crippen LogP contribution in [0.2, 0.25) is 10.0 Å². The van der Waals surface area contributed by atoms with Crippen molar-refractivity contribution >= 4 is 40.8 Å². The van der Waals surface area contributed by atoms with Gasteiger partial charge in [0.05, 0.1) is 35.0 Å². The van der Waals surface area contributed by atoms with Crippen LogP contribution in [-0.2, 0) is 22.6 Å². The van der Waals surface area contributed by atoms with Crippen molar-refractivity contribution in [3.63, 3.8) is 0 Å². The fraction of sp³-hybridized carbons (Fsp3) is 0.308. The largest absolute Gasteiger partial charge is 0.481 e. The first-order chi connectivity index (χ1) is 25.6. The van der Waals surface area contributed by atoms with Gasteiger partial charge in [-0.15, -0.1) is 0 Å². The third kappa shape index (κ3) is 7.58. The summed E-state index contributed by atoms with van der Waals surface area (Å²) in [5.41, 5.74) is 5.60. The molecule has 3 aromatic heterocycles. The second kappa shape index (κ2) is 15.5. The van der Waals surface area contributed by atoms with Gasteiger partial charge in [0.2, 0.25) is 11.8 Å². The standard InChI is InChI=1S/C39H38Cl2N6O6/c1-45(34-10-5-17-53-34)20-25-19-42-32-18-23(15-16-47(32)38(25)49)27-6-3-7-28(35(27)40)29-8-4-9-30(36(29)41)31-13-11-24(37(44-31)52-2)21-46(39(50)51)22-26-12-14-33(48)43-26/h3-4,6-9,11,13,15-16,18-19,26,34H,5,10,12,14,17,20-22H2,1-2H3,(H,43,48)(H,50,51)/t26-,34-/m0/s1. The quantitative estimate of drug-likeness (QED) is 0.150. The number of hydrogen-bond acceptors (Lipinski definition) is 8. The molecule has 5 heterocycles. The van der Waals surface area contributed by atoms with Gasteiger partial charge in [-0.2, -0.15) is 0 Å². The maximum Gasteiger partial charge on any atom is 0.407 e. The predicted molar refractivity (Wildman–Crippen MR) is 202 cm³/mol. The Morgan fingerprint density at radius 3 is 2.42 bits per heavy atom. The topological polar surface area (TPSA) is 139 Å². The summed E-state index contributed by atoms with van der Waals surface area (Å²) in [4.78, 5) is 49.7. The lowest BCUT2D eigenvalue weighted by Crippen LogP contribution is -2.41. The van der Waals surface area contributed by atoms with Gasteiger partial charge in [0, 0.05) is 72.4 Å². The molecule has 14 heteroatoms. The number of nitrogens with zero attached hydrogens (tertiary/aromatic N) is 5. The Morgan fingerprint density at radius 2 is 1.74 bits per heavy atom. The Balaban J connectivity index is 1.15. The second-order valence-electron chi connectivity index (χ2n) is 13.3. The van der Waals surface area contributed by atoms with Crippen molar-refractivity contribution in [2.24, 2.45) is 0 Å². The number of hydrogen-bond donors (Lipinski definition) is 2. The average molecular weight is 758 g/mol. The van der Waals surface area contributed by atoms with Crippen molar-refractivity contribution in [2.45, 2.75) is 51.0 Å². The molecule has 2 aliphatic heterocycles. The van der Waals surface area contributed by atoms with Crippen LogP contribution in [-0.4, -0.2) is 80.9 Å². The number of aromatic nitrogens is 3. The van der Waals surface area contributed by atoms with Crippen LogP contribution in [0.15, 0.2) is 77.9 Å². The van der Waals surface area contributed by atoms with Gasteiger partial charge in [-0.1, -0.05) is 59.6 Å². The normalized spacial score (nSPS) is 17.0. The molecule has 7 rings (SSSR count). The zero-order valence-electron chi connectivity index (χ0n) is 29.2. The Bertz CT molecular complexity index is 2260. The number of nitrogens with one attached hydrogen (secondary N) is 1. The minimum absolute atomic E-state index is 0.00200. The van der Waals surface area contributed by atoms with E-state index in [1.54, 1.807) is 28.9 Å². The van der Waals surface area contributed by atoms with Gasteiger partial charge in [-0.05, 0) is 56.1 Å². The second-order valence-corrected chi connectivity index (χ2v) is 14.0. The lowest BCUT2D eigenvalue weighted by Gasteiger charge is -2.23. The van der Waals surface area contributed by atoms with E-state index in [1.807, 2.05) is 60.5 Å². The number of ether oxygens (including phenoxy) is 2. The minimum Gasteiger partial charge on any atom is -0.481 e. The van der Waals surface area contributed by atoms with Gasteiger partial charge in [0.25, 0.3) is 5.56 Å². The molecule has 2 fully saturated rings. The summed E-state index contributed by atoms with van der Waals surface area (Å²) >= 11 is 14.2. The zero-order chi connectivity index (χ0) is 37.2. The molecule has 0 bridgehead atoms. The molecule has 2 amide bonds. The summed E-state index contributed by atoms with van der Waals surface area (Å²) in [7, 11) is 3.43. The number of benzene rings is 2.